The number of carbonyl (C=O) groups is 1. The molecule has 2 aromatic carbocycles. The van der Waals surface area contributed by atoms with Crippen LogP contribution in [0.25, 0.3) is 0 Å². The van der Waals surface area contributed by atoms with Gasteiger partial charge in [0.05, 0.1) is 21.6 Å². The fraction of sp³-hybridized carbons (Fsp3) is 0.417. The summed E-state index contributed by atoms with van der Waals surface area (Å²) in [4.78, 5) is 17.6. The number of aliphatic imine (C=N–C) groups is 1. The van der Waals surface area contributed by atoms with E-state index in [9.17, 15) is 15.0 Å². The molecule has 30 heavy (non-hydrogen) atoms. The zero-order valence-electron chi connectivity index (χ0n) is 16.5. The summed E-state index contributed by atoms with van der Waals surface area (Å²) in [6, 6.07) is 12.3. The molecule has 0 heterocycles. The minimum absolute atomic E-state index is 0.0751. The third-order valence-electron chi connectivity index (χ3n) is 7.00. The van der Waals surface area contributed by atoms with E-state index in [0.29, 0.717) is 33.4 Å². The average Bonchev–Trinajstić information content (AvgIpc) is 2.72. The molecule has 4 bridgehead atoms. The molecule has 0 radical (unpaired) electrons. The van der Waals surface area contributed by atoms with Gasteiger partial charge in [-0.2, -0.15) is 0 Å². The molecule has 0 spiro atoms. The van der Waals surface area contributed by atoms with E-state index >= 15 is 0 Å². The van der Waals surface area contributed by atoms with E-state index in [-0.39, 0.29) is 29.1 Å². The fourth-order valence-corrected chi connectivity index (χ4v) is 6.41. The number of hydrogen-bond acceptors (Lipinski definition) is 5. The summed E-state index contributed by atoms with van der Waals surface area (Å²) in [5.74, 6) is 1.25. The van der Waals surface area contributed by atoms with Gasteiger partial charge < -0.3 is 14.9 Å². The monoisotopic (exact) mass is 469 g/mol. The molecule has 2 atom stereocenters. The zero-order chi connectivity index (χ0) is 20.9. The first-order valence-electron chi connectivity index (χ1n) is 10.5. The Morgan fingerprint density at radius 3 is 2.40 bits per heavy atom. The van der Waals surface area contributed by atoms with Crippen molar-refractivity contribution in [2.75, 3.05) is 0 Å². The largest absolute Gasteiger partial charge is 0.507 e. The maximum atomic E-state index is 12.7. The predicted octanol–water partition coefficient (Wildman–Crippen LogP) is 5.08. The molecule has 156 valence electrons. The van der Waals surface area contributed by atoms with Crippen LogP contribution in [0.4, 0.5) is 0 Å². The summed E-state index contributed by atoms with van der Waals surface area (Å²) in [6.07, 6.45) is 6.52. The Kier molecular flexibility index (Phi) is 4.85. The van der Waals surface area contributed by atoms with E-state index in [0.717, 1.165) is 32.1 Å². The molecule has 4 fully saturated rings. The summed E-state index contributed by atoms with van der Waals surface area (Å²) in [5, 5.41) is 20.1. The maximum Gasteiger partial charge on any atom is 0.338 e. The zero-order valence-corrected chi connectivity index (χ0v) is 18.1. The maximum absolute atomic E-state index is 12.7. The number of phenols is 2. The molecule has 2 unspecified atom stereocenters. The van der Waals surface area contributed by atoms with Crippen molar-refractivity contribution in [1.29, 1.82) is 0 Å². The van der Waals surface area contributed by atoms with Crippen molar-refractivity contribution in [3.8, 4) is 11.5 Å². The van der Waals surface area contributed by atoms with Gasteiger partial charge in [-0.3, -0.25) is 4.99 Å². The summed E-state index contributed by atoms with van der Waals surface area (Å²) in [7, 11) is 0. The lowest BCUT2D eigenvalue weighted by atomic mass is 9.52. The molecule has 2 aromatic rings. The standard InChI is InChI=1S/C24H24BrNO4/c25-21-18(19(27)6-7-20(21)28)13-26-22-16-8-14-9-17(22)12-24(10-14,11-16)30-23(29)15-4-2-1-3-5-15/h1-7,13-14,16-17,22,27-28H,8-12H2. The first-order chi connectivity index (χ1) is 14.4. The van der Waals surface area contributed by atoms with Crippen LogP contribution in [0.5, 0.6) is 11.5 Å². The SMILES string of the molecule is O=C(OC12CC3CC(C1)C(N=Cc1c(O)ccc(O)c1Br)C(C3)C2)c1ccccc1. The molecule has 0 saturated heterocycles. The van der Waals surface area contributed by atoms with Gasteiger partial charge in [0.15, 0.2) is 0 Å². The first-order valence-corrected chi connectivity index (χ1v) is 11.3. The van der Waals surface area contributed by atoms with Crippen molar-refractivity contribution in [1.82, 2.24) is 0 Å². The molecular formula is C24H24BrNO4. The van der Waals surface area contributed by atoms with Gasteiger partial charge in [-0.25, -0.2) is 4.79 Å². The van der Waals surface area contributed by atoms with Crippen molar-refractivity contribution >= 4 is 28.1 Å². The second kappa shape index (κ2) is 7.41. The van der Waals surface area contributed by atoms with Gasteiger partial charge in [-0.15, -0.1) is 0 Å². The molecule has 4 saturated carbocycles. The van der Waals surface area contributed by atoms with E-state index in [1.165, 1.54) is 12.1 Å². The topological polar surface area (TPSA) is 79.1 Å². The van der Waals surface area contributed by atoms with Gasteiger partial charge in [-0.1, -0.05) is 18.2 Å². The minimum Gasteiger partial charge on any atom is -0.507 e. The van der Waals surface area contributed by atoms with Crippen LogP contribution in [-0.2, 0) is 4.74 Å². The number of nitrogens with zero attached hydrogens (tertiary/aromatic N) is 1. The Labute approximate surface area is 183 Å². The first kappa shape index (κ1) is 19.6. The number of ether oxygens (including phenoxy) is 1. The lowest BCUT2D eigenvalue weighted by Crippen LogP contribution is -2.58. The number of phenolic OH excluding ortho intramolecular Hbond substituents is 2. The van der Waals surface area contributed by atoms with E-state index in [4.69, 9.17) is 9.73 Å². The van der Waals surface area contributed by atoms with Gasteiger partial charge in [0.1, 0.15) is 17.1 Å². The number of halogens is 1. The molecule has 6 rings (SSSR count). The van der Waals surface area contributed by atoms with Crippen LogP contribution in [0, 0.1) is 17.8 Å². The number of aromatic hydroxyl groups is 2. The number of benzene rings is 2. The van der Waals surface area contributed by atoms with Crippen molar-refractivity contribution in [3.63, 3.8) is 0 Å². The molecule has 0 aromatic heterocycles. The molecule has 2 N–H and O–H groups in total. The van der Waals surface area contributed by atoms with Crippen LogP contribution in [-0.4, -0.2) is 34.0 Å². The summed E-state index contributed by atoms with van der Waals surface area (Å²) in [6.45, 7) is 0. The molecule has 0 amide bonds. The highest BCUT2D eigenvalue weighted by atomic mass is 79.9. The number of esters is 1. The fourth-order valence-electron chi connectivity index (χ4n) is 5.98. The highest BCUT2D eigenvalue weighted by Gasteiger charge is 2.57. The predicted molar refractivity (Wildman–Crippen MR) is 117 cm³/mol. The van der Waals surface area contributed by atoms with E-state index in [1.807, 2.05) is 18.2 Å². The number of hydrogen-bond donors (Lipinski definition) is 2. The van der Waals surface area contributed by atoms with Crippen LogP contribution in [0.2, 0.25) is 0 Å². The van der Waals surface area contributed by atoms with Crippen molar-refractivity contribution in [2.24, 2.45) is 22.7 Å². The van der Waals surface area contributed by atoms with Crippen molar-refractivity contribution < 1.29 is 19.7 Å². The molecule has 5 nitrogen and oxygen atoms in total. The molecule has 4 aliphatic carbocycles. The van der Waals surface area contributed by atoms with E-state index < -0.39 is 0 Å². The Bertz CT molecular complexity index is 990. The molecule has 0 aliphatic heterocycles. The highest BCUT2D eigenvalue weighted by molar-refractivity contribution is 9.10. The normalized spacial score (nSPS) is 31.9. The highest BCUT2D eigenvalue weighted by Crippen LogP contribution is 2.58. The second-order valence-corrected chi connectivity index (χ2v) is 9.80. The minimum atomic E-state index is -0.372. The third-order valence-corrected chi connectivity index (χ3v) is 7.83. The smallest absolute Gasteiger partial charge is 0.338 e. The Morgan fingerprint density at radius 2 is 1.70 bits per heavy atom. The van der Waals surface area contributed by atoms with Crippen LogP contribution in [0.15, 0.2) is 51.9 Å². The van der Waals surface area contributed by atoms with Crippen LogP contribution >= 0.6 is 15.9 Å². The van der Waals surface area contributed by atoms with Gasteiger partial charge in [0.2, 0.25) is 0 Å². The van der Waals surface area contributed by atoms with Gasteiger partial charge >= 0.3 is 5.97 Å². The van der Waals surface area contributed by atoms with Crippen LogP contribution in [0.3, 0.4) is 0 Å². The summed E-state index contributed by atoms with van der Waals surface area (Å²) >= 11 is 3.33. The molecule has 4 aliphatic rings. The number of carbonyl (C=O) groups excluding carboxylic acids is 1. The van der Waals surface area contributed by atoms with E-state index in [1.54, 1.807) is 18.3 Å². The van der Waals surface area contributed by atoms with Gasteiger partial charge in [-0.05, 0) is 90.1 Å². The average molecular weight is 470 g/mol. The Balaban J connectivity index is 1.36. The van der Waals surface area contributed by atoms with Gasteiger partial charge in [0, 0.05) is 6.21 Å². The van der Waals surface area contributed by atoms with E-state index in [2.05, 4.69) is 15.9 Å². The molecular weight excluding hydrogens is 446 g/mol. The van der Waals surface area contributed by atoms with Crippen molar-refractivity contribution in [2.45, 2.75) is 43.7 Å². The van der Waals surface area contributed by atoms with Gasteiger partial charge in [0.25, 0.3) is 0 Å². The lowest BCUT2D eigenvalue weighted by Gasteiger charge is -2.58. The number of rotatable bonds is 4. The molecule has 6 heteroatoms. The Morgan fingerprint density at radius 1 is 1.03 bits per heavy atom. The summed E-state index contributed by atoms with van der Waals surface area (Å²) < 4.78 is 6.58. The Hall–Kier alpha value is -2.34. The van der Waals surface area contributed by atoms with Crippen LogP contribution in [0.1, 0.15) is 48.0 Å². The second-order valence-electron chi connectivity index (χ2n) is 9.01. The lowest BCUT2D eigenvalue weighted by molar-refractivity contribution is -0.138. The van der Waals surface area contributed by atoms with Crippen LogP contribution < -0.4 is 0 Å². The van der Waals surface area contributed by atoms with Crippen molar-refractivity contribution in [3.05, 3.63) is 58.1 Å². The quantitative estimate of drug-likeness (QED) is 0.371. The summed E-state index contributed by atoms with van der Waals surface area (Å²) in [5.41, 5.74) is 0.726. The third kappa shape index (κ3) is 3.41.